The SMILES string of the molecule is COCc1ccccc1CNC(=O)CCc1ccc(C(=O)O)cc1. The quantitative estimate of drug-likeness (QED) is 0.782. The second kappa shape index (κ2) is 8.84. The maximum atomic E-state index is 12.0. The standard InChI is InChI=1S/C19H21NO4/c1-24-13-17-5-3-2-4-16(17)12-20-18(21)11-8-14-6-9-15(10-7-14)19(22)23/h2-7,9-10H,8,11-13H2,1H3,(H,20,21)(H,22,23). The van der Waals surface area contributed by atoms with Gasteiger partial charge in [-0.25, -0.2) is 4.79 Å². The average molecular weight is 327 g/mol. The van der Waals surface area contributed by atoms with Crippen LogP contribution in [0.15, 0.2) is 48.5 Å². The Hall–Kier alpha value is -2.66. The van der Waals surface area contributed by atoms with Crippen molar-refractivity contribution in [2.45, 2.75) is 26.0 Å². The van der Waals surface area contributed by atoms with Gasteiger partial charge in [0.25, 0.3) is 0 Å². The van der Waals surface area contributed by atoms with Gasteiger partial charge < -0.3 is 15.2 Å². The number of carbonyl (C=O) groups excluding carboxylic acids is 1. The summed E-state index contributed by atoms with van der Waals surface area (Å²) in [7, 11) is 1.64. The number of methoxy groups -OCH3 is 1. The zero-order valence-corrected chi connectivity index (χ0v) is 13.6. The monoisotopic (exact) mass is 327 g/mol. The normalized spacial score (nSPS) is 10.4. The van der Waals surface area contributed by atoms with Gasteiger partial charge in [0.15, 0.2) is 0 Å². The molecule has 24 heavy (non-hydrogen) atoms. The summed E-state index contributed by atoms with van der Waals surface area (Å²) in [5.41, 5.74) is 3.29. The predicted octanol–water partition coefficient (Wildman–Crippen LogP) is 2.78. The fraction of sp³-hybridized carbons (Fsp3) is 0.263. The van der Waals surface area contributed by atoms with Crippen molar-refractivity contribution in [3.8, 4) is 0 Å². The van der Waals surface area contributed by atoms with Crippen molar-refractivity contribution in [2.24, 2.45) is 0 Å². The third kappa shape index (κ3) is 5.21. The minimum Gasteiger partial charge on any atom is -0.478 e. The lowest BCUT2D eigenvalue weighted by Gasteiger charge is -2.10. The molecular weight excluding hydrogens is 306 g/mol. The van der Waals surface area contributed by atoms with Crippen molar-refractivity contribution in [3.05, 3.63) is 70.8 Å². The van der Waals surface area contributed by atoms with Crippen LogP contribution in [-0.4, -0.2) is 24.1 Å². The van der Waals surface area contributed by atoms with Gasteiger partial charge in [-0.05, 0) is 35.2 Å². The van der Waals surface area contributed by atoms with Crippen molar-refractivity contribution in [2.75, 3.05) is 7.11 Å². The van der Waals surface area contributed by atoms with Crippen LogP contribution in [0.4, 0.5) is 0 Å². The third-order valence-electron chi connectivity index (χ3n) is 3.74. The van der Waals surface area contributed by atoms with E-state index in [2.05, 4.69) is 5.32 Å². The molecule has 2 aromatic carbocycles. The van der Waals surface area contributed by atoms with Gasteiger partial charge in [-0.3, -0.25) is 4.79 Å². The Morgan fingerprint density at radius 1 is 1.04 bits per heavy atom. The first-order valence-corrected chi connectivity index (χ1v) is 7.75. The summed E-state index contributed by atoms with van der Waals surface area (Å²) < 4.78 is 5.15. The first-order chi connectivity index (χ1) is 11.6. The first kappa shape index (κ1) is 17.7. The Kier molecular flexibility index (Phi) is 6.51. The maximum absolute atomic E-state index is 12.0. The fourth-order valence-electron chi connectivity index (χ4n) is 2.38. The third-order valence-corrected chi connectivity index (χ3v) is 3.74. The molecule has 0 aliphatic carbocycles. The molecule has 0 aliphatic heterocycles. The van der Waals surface area contributed by atoms with E-state index in [1.807, 2.05) is 24.3 Å². The molecule has 5 heteroatoms. The number of carboxylic acids is 1. The second-order valence-corrected chi connectivity index (χ2v) is 5.48. The maximum Gasteiger partial charge on any atom is 0.335 e. The van der Waals surface area contributed by atoms with Crippen LogP contribution in [0.2, 0.25) is 0 Å². The molecule has 2 rings (SSSR count). The minimum absolute atomic E-state index is 0.0375. The van der Waals surface area contributed by atoms with Crippen LogP contribution in [0, 0.1) is 0 Å². The van der Waals surface area contributed by atoms with E-state index in [4.69, 9.17) is 9.84 Å². The van der Waals surface area contributed by atoms with E-state index in [-0.39, 0.29) is 11.5 Å². The van der Waals surface area contributed by atoms with Crippen LogP contribution >= 0.6 is 0 Å². The van der Waals surface area contributed by atoms with E-state index in [1.165, 1.54) is 0 Å². The van der Waals surface area contributed by atoms with Gasteiger partial charge >= 0.3 is 5.97 Å². The number of hydrogen-bond donors (Lipinski definition) is 2. The molecule has 5 nitrogen and oxygen atoms in total. The summed E-state index contributed by atoms with van der Waals surface area (Å²) in [5, 5.41) is 11.8. The number of carboxylic acid groups (broad SMARTS) is 1. The molecule has 0 aromatic heterocycles. The van der Waals surface area contributed by atoms with Crippen LogP contribution in [0.25, 0.3) is 0 Å². The summed E-state index contributed by atoms with van der Waals surface area (Å²) in [6, 6.07) is 14.4. The van der Waals surface area contributed by atoms with Gasteiger partial charge in [0.05, 0.1) is 12.2 Å². The summed E-state index contributed by atoms with van der Waals surface area (Å²) in [5.74, 6) is -0.987. The Balaban J connectivity index is 1.82. The van der Waals surface area contributed by atoms with E-state index in [0.717, 1.165) is 16.7 Å². The molecule has 0 unspecified atom stereocenters. The van der Waals surface area contributed by atoms with Crippen molar-refractivity contribution < 1.29 is 19.4 Å². The first-order valence-electron chi connectivity index (χ1n) is 7.75. The number of ether oxygens (including phenoxy) is 1. The molecule has 126 valence electrons. The lowest BCUT2D eigenvalue weighted by Crippen LogP contribution is -2.23. The molecule has 2 N–H and O–H groups in total. The number of aromatic carboxylic acids is 1. The van der Waals surface area contributed by atoms with Crippen LogP contribution in [0.1, 0.15) is 33.5 Å². The lowest BCUT2D eigenvalue weighted by molar-refractivity contribution is -0.121. The van der Waals surface area contributed by atoms with Gasteiger partial charge in [-0.1, -0.05) is 36.4 Å². The van der Waals surface area contributed by atoms with Crippen molar-refractivity contribution >= 4 is 11.9 Å². The lowest BCUT2D eigenvalue weighted by atomic mass is 10.1. The molecule has 2 aromatic rings. The molecule has 0 saturated heterocycles. The Labute approximate surface area is 141 Å². The second-order valence-electron chi connectivity index (χ2n) is 5.48. The molecule has 0 radical (unpaired) electrons. The van der Waals surface area contributed by atoms with Crippen LogP contribution in [-0.2, 0) is 29.1 Å². The highest BCUT2D eigenvalue weighted by Gasteiger charge is 2.06. The molecule has 1 amide bonds. The van der Waals surface area contributed by atoms with Crippen molar-refractivity contribution in [1.29, 1.82) is 0 Å². The number of aryl methyl sites for hydroxylation is 1. The number of benzene rings is 2. The molecule has 0 bridgehead atoms. The largest absolute Gasteiger partial charge is 0.478 e. The Morgan fingerprint density at radius 3 is 2.33 bits per heavy atom. The summed E-state index contributed by atoms with van der Waals surface area (Å²) >= 11 is 0. The highest BCUT2D eigenvalue weighted by atomic mass is 16.5. The number of hydrogen-bond acceptors (Lipinski definition) is 3. The van der Waals surface area contributed by atoms with E-state index < -0.39 is 5.97 Å². The van der Waals surface area contributed by atoms with Crippen LogP contribution in [0.3, 0.4) is 0 Å². The van der Waals surface area contributed by atoms with Gasteiger partial charge in [0.1, 0.15) is 0 Å². The number of nitrogens with one attached hydrogen (secondary N) is 1. The molecule has 0 fully saturated rings. The van der Waals surface area contributed by atoms with E-state index in [1.54, 1.807) is 31.4 Å². The topological polar surface area (TPSA) is 75.6 Å². The minimum atomic E-state index is -0.950. The zero-order chi connectivity index (χ0) is 17.4. The van der Waals surface area contributed by atoms with Gasteiger partial charge in [0, 0.05) is 20.1 Å². The zero-order valence-electron chi connectivity index (χ0n) is 13.6. The van der Waals surface area contributed by atoms with Gasteiger partial charge in [0.2, 0.25) is 5.91 Å². The molecule has 0 atom stereocenters. The Bertz CT molecular complexity index is 695. The van der Waals surface area contributed by atoms with Crippen molar-refractivity contribution in [3.63, 3.8) is 0 Å². The van der Waals surface area contributed by atoms with Crippen molar-refractivity contribution in [1.82, 2.24) is 5.32 Å². The Morgan fingerprint density at radius 2 is 1.71 bits per heavy atom. The average Bonchev–Trinajstić information content (AvgIpc) is 2.60. The highest BCUT2D eigenvalue weighted by molar-refractivity contribution is 5.87. The number of amides is 1. The molecule has 0 saturated carbocycles. The van der Waals surface area contributed by atoms with Gasteiger partial charge in [-0.2, -0.15) is 0 Å². The molecule has 0 spiro atoms. The molecule has 0 heterocycles. The fourth-order valence-corrected chi connectivity index (χ4v) is 2.38. The summed E-state index contributed by atoms with van der Waals surface area (Å²) in [4.78, 5) is 22.8. The van der Waals surface area contributed by atoms with E-state index in [9.17, 15) is 9.59 Å². The van der Waals surface area contributed by atoms with Crippen LogP contribution < -0.4 is 5.32 Å². The number of carbonyl (C=O) groups is 2. The number of rotatable bonds is 8. The smallest absolute Gasteiger partial charge is 0.335 e. The molecule has 0 aliphatic rings. The van der Waals surface area contributed by atoms with Crippen LogP contribution in [0.5, 0.6) is 0 Å². The predicted molar refractivity (Wildman–Crippen MR) is 90.7 cm³/mol. The van der Waals surface area contributed by atoms with E-state index in [0.29, 0.717) is 26.0 Å². The summed E-state index contributed by atoms with van der Waals surface area (Å²) in [6.45, 7) is 0.984. The molecular formula is C19H21NO4. The van der Waals surface area contributed by atoms with E-state index >= 15 is 0 Å². The van der Waals surface area contributed by atoms with Gasteiger partial charge in [-0.15, -0.1) is 0 Å². The summed E-state index contributed by atoms with van der Waals surface area (Å²) in [6.07, 6.45) is 0.935. The highest BCUT2D eigenvalue weighted by Crippen LogP contribution is 2.10.